The Balaban J connectivity index is 1.48. The first kappa shape index (κ1) is 18.0. The van der Waals surface area contributed by atoms with E-state index in [1.807, 2.05) is 20.9 Å². The summed E-state index contributed by atoms with van der Waals surface area (Å²) in [7, 11) is 1.88. The number of anilines is 2. The van der Waals surface area contributed by atoms with Gasteiger partial charge in [0.1, 0.15) is 5.69 Å². The van der Waals surface area contributed by atoms with Gasteiger partial charge in [-0.25, -0.2) is 0 Å². The predicted molar refractivity (Wildman–Crippen MR) is 106 cm³/mol. The highest BCUT2D eigenvalue weighted by Gasteiger charge is 2.29. The van der Waals surface area contributed by atoms with Crippen LogP contribution in [0.25, 0.3) is 11.3 Å². The van der Waals surface area contributed by atoms with Gasteiger partial charge >= 0.3 is 0 Å². The SMILES string of the molecule is Cc1nn(C)c(C)c1-c1cc(C(=O)Nc2cccc(NC(=O)C3CC3)c2)[nH]n1. The minimum Gasteiger partial charge on any atom is -0.326 e. The van der Waals surface area contributed by atoms with Gasteiger partial charge in [-0.2, -0.15) is 10.2 Å². The van der Waals surface area contributed by atoms with Crippen LogP contribution in [0.3, 0.4) is 0 Å². The maximum atomic E-state index is 12.6. The number of aryl methyl sites for hydroxylation is 2. The van der Waals surface area contributed by atoms with Crippen molar-refractivity contribution in [3.05, 3.63) is 47.4 Å². The predicted octanol–water partition coefficient (Wildman–Crippen LogP) is 3.03. The molecule has 0 radical (unpaired) electrons. The van der Waals surface area contributed by atoms with Crippen molar-refractivity contribution >= 4 is 23.2 Å². The fraction of sp³-hybridized carbons (Fsp3) is 0.300. The highest BCUT2D eigenvalue weighted by molar-refractivity contribution is 6.04. The monoisotopic (exact) mass is 378 g/mol. The largest absolute Gasteiger partial charge is 0.326 e. The van der Waals surface area contributed by atoms with Gasteiger partial charge in [0, 0.05) is 35.6 Å². The summed E-state index contributed by atoms with van der Waals surface area (Å²) in [6.45, 7) is 3.88. The number of hydrogen-bond acceptors (Lipinski definition) is 4. The second-order valence-corrected chi connectivity index (χ2v) is 7.13. The van der Waals surface area contributed by atoms with Crippen LogP contribution in [-0.2, 0) is 11.8 Å². The number of aromatic amines is 1. The Morgan fingerprint density at radius 1 is 1.14 bits per heavy atom. The van der Waals surface area contributed by atoms with Crippen molar-refractivity contribution in [2.45, 2.75) is 26.7 Å². The van der Waals surface area contributed by atoms with Gasteiger partial charge in [0.15, 0.2) is 0 Å². The number of nitrogens with zero attached hydrogens (tertiary/aromatic N) is 3. The lowest BCUT2D eigenvalue weighted by Gasteiger charge is -2.08. The molecule has 28 heavy (non-hydrogen) atoms. The molecule has 3 N–H and O–H groups in total. The number of nitrogens with one attached hydrogen (secondary N) is 3. The van der Waals surface area contributed by atoms with Crippen LogP contribution < -0.4 is 10.6 Å². The smallest absolute Gasteiger partial charge is 0.273 e. The lowest BCUT2D eigenvalue weighted by atomic mass is 10.1. The van der Waals surface area contributed by atoms with Crippen LogP contribution in [0, 0.1) is 19.8 Å². The Bertz CT molecular complexity index is 1060. The quantitative estimate of drug-likeness (QED) is 0.635. The second-order valence-electron chi connectivity index (χ2n) is 7.13. The third-order valence-corrected chi connectivity index (χ3v) is 4.92. The first-order chi connectivity index (χ1) is 13.4. The Morgan fingerprint density at radius 2 is 1.86 bits per heavy atom. The standard InChI is InChI=1S/C20H22N6O2/c1-11-18(12(2)26(3)25-11)16-10-17(24-23-16)20(28)22-15-6-4-5-14(9-15)21-19(27)13-7-8-13/h4-6,9-10,13H,7-8H2,1-3H3,(H,21,27)(H,22,28)(H,23,24). The van der Waals surface area contributed by atoms with Crippen LogP contribution in [0.1, 0.15) is 34.7 Å². The Kier molecular flexibility index (Phi) is 4.46. The number of carbonyl (C=O) groups is 2. The molecule has 0 atom stereocenters. The van der Waals surface area contributed by atoms with Crippen molar-refractivity contribution in [3.63, 3.8) is 0 Å². The van der Waals surface area contributed by atoms with Crippen LogP contribution in [0.4, 0.5) is 11.4 Å². The molecule has 144 valence electrons. The molecule has 1 aliphatic rings. The third kappa shape index (κ3) is 3.53. The van der Waals surface area contributed by atoms with Gasteiger partial charge in [0.2, 0.25) is 5.91 Å². The zero-order chi connectivity index (χ0) is 19.8. The van der Waals surface area contributed by atoms with Crippen LogP contribution in [-0.4, -0.2) is 31.8 Å². The molecule has 1 aromatic carbocycles. The van der Waals surface area contributed by atoms with E-state index in [1.165, 1.54) is 0 Å². The van der Waals surface area contributed by atoms with Crippen LogP contribution in [0.2, 0.25) is 0 Å². The summed E-state index contributed by atoms with van der Waals surface area (Å²) in [5, 5.41) is 17.2. The number of benzene rings is 1. The van der Waals surface area contributed by atoms with Crippen LogP contribution in [0.5, 0.6) is 0 Å². The van der Waals surface area contributed by atoms with Crippen molar-refractivity contribution in [2.24, 2.45) is 13.0 Å². The lowest BCUT2D eigenvalue weighted by Crippen LogP contribution is -2.15. The van der Waals surface area contributed by atoms with Gasteiger partial charge < -0.3 is 10.6 Å². The molecule has 8 heteroatoms. The highest BCUT2D eigenvalue weighted by Crippen LogP contribution is 2.30. The topological polar surface area (TPSA) is 105 Å². The number of aromatic nitrogens is 4. The number of carbonyl (C=O) groups excluding carboxylic acids is 2. The number of amides is 2. The second kappa shape index (κ2) is 6.95. The normalized spacial score (nSPS) is 13.4. The lowest BCUT2D eigenvalue weighted by molar-refractivity contribution is -0.117. The summed E-state index contributed by atoms with van der Waals surface area (Å²) in [6, 6.07) is 8.82. The van der Waals surface area contributed by atoms with Gasteiger partial charge in [-0.05, 0) is 51.0 Å². The van der Waals surface area contributed by atoms with Gasteiger partial charge in [0.05, 0.1) is 11.4 Å². The van der Waals surface area contributed by atoms with Crippen molar-refractivity contribution in [3.8, 4) is 11.3 Å². The van der Waals surface area contributed by atoms with Gasteiger partial charge in [-0.1, -0.05) is 6.07 Å². The van der Waals surface area contributed by atoms with E-state index in [1.54, 1.807) is 35.0 Å². The van der Waals surface area contributed by atoms with Gasteiger partial charge in [-0.3, -0.25) is 19.4 Å². The van der Waals surface area contributed by atoms with E-state index in [4.69, 9.17) is 0 Å². The molecule has 8 nitrogen and oxygen atoms in total. The first-order valence-electron chi connectivity index (χ1n) is 9.20. The van der Waals surface area contributed by atoms with Crippen molar-refractivity contribution in [1.82, 2.24) is 20.0 Å². The van der Waals surface area contributed by atoms with Crippen molar-refractivity contribution < 1.29 is 9.59 Å². The Hall–Kier alpha value is -3.42. The van der Waals surface area contributed by atoms with E-state index in [9.17, 15) is 9.59 Å². The molecule has 1 fully saturated rings. The van der Waals surface area contributed by atoms with E-state index in [-0.39, 0.29) is 17.7 Å². The summed E-state index contributed by atoms with van der Waals surface area (Å²) in [6.07, 6.45) is 1.89. The molecule has 2 heterocycles. The van der Waals surface area contributed by atoms with E-state index in [0.717, 1.165) is 29.8 Å². The molecule has 0 saturated heterocycles. The van der Waals surface area contributed by atoms with Crippen molar-refractivity contribution in [2.75, 3.05) is 10.6 Å². The summed E-state index contributed by atoms with van der Waals surface area (Å²) in [5.74, 6) is -0.145. The van der Waals surface area contributed by atoms with E-state index < -0.39 is 0 Å². The average Bonchev–Trinajstić information content (AvgIpc) is 3.34. The Labute approximate surface area is 162 Å². The molecule has 1 aliphatic carbocycles. The molecule has 0 unspecified atom stereocenters. The van der Waals surface area contributed by atoms with E-state index in [0.29, 0.717) is 22.8 Å². The molecule has 0 spiro atoms. The minimum atomic E-state index is -0.302. The fourth-order valence-corrected chi connectivity index (χ4v) is 3.17. The van der Waals surface area contributed by atoms with Gasteiger partial charge in [0.25, 0.3) is 5.91 Å². The molecule has 1 saturated carbocycles. The molecular weight excluding hydrogens is 356 g/mol. The van der Waals surface area contributed by atoms with E-state index >= 15 is 0 Å². The molecule has 2 aromatic heterocycles. The summed E-state index contributed by atoms with van der Waals surface area (Å²) in [5.41, 5.74) is 5.06. The minimum absolute atomic E-state index is 0.0314. The zero-order valence-electron chi connectivity index (χ0n) is 16.0. The summed E-state index contributed by atoms with van der Waals surface area (Å²) < 4.78 is 1.79. The van der Waals surface area contributed by atoms with E-state index in [2.05, 4.69) is 25.9 Å². The highest BCUT2D eigenvalue weighted by atomic mass is 16.2. The molecule has 0 bridgehead atoms. The summed E-state index contributed by atoms with van der Waals surface area (Å²) in [4.78, 5) is 24.5. The van der Waals surface area contributed by atoms with Crippen LogP contribution in [0.15, 0.2) is 30.3 Å². The van der Waals surface area contributed by atoms with Gasteiger partial charge in [-0.15, -0.1) is 0 Å². The maximum Gasteiger partial charge on any atom is 0.273 e. The molecule has 4 rings (SSSR count). The maximum absolute atomic E-state index is 12.6. The zero-order valence-corrected chi connectivity index (χ0v) is 16.0. The first-order valence-corrected chi connectivity index (χ1v) is 9.20. The number of hydrogen-bond donors (Lipinski definition) is 3. The summed E-state index contributed by atoms with van der Waals surface area (Å²) >= 11 is 0. The molecule has 3 aromatic rings. The molecule has 2 amide bonds. The third-order valence-electron chi connectivity index (χ3n) is 4.92. The van der Waals surface area contributed by atoms with Crippen molar-refractivity contribution in [1.29, 1.82) is 0 Å². The fourth-order valence-electron chi connectivity index (χ4n) is 3.17. The average molecular weight is 378 g/mol. The number of rotatable bonds is 5. The van der Waals surface area contributed by atoms with Crippen LogP contribution >= 0.6 is 0 Å². The molecule has 0 aliphatic heterocycles. The number of H-pyrrole nitrogens is 1. The Morgan fingerprint density at radius 3 is 2.50 bits per heavy atom. The molecular formula is C20H22N6O2.